The van der Waals surface area contributed by atoms with Crippen molar-refractivity contribution in [2.24, 2.45) is 0 Å². The van der Waals surface area contributed by atoms with E-state index in [9.17, 15) is 27.2 Å². The highest BCUT2D eigenvalue weighted by atomic mass is 32.2. The van der Waals surface area contributed by atoms with E-state index in [-0.39, 0.29) is 34.9 Å². The molecule has 0 fully saturated rings. The molecule has 0 saturated heterocycles. The molecule has 0 aliphatic carbocycles. The van der Waals surface area contributed by atoms with Crippen molar-refractivity contribution in [3.63, 3.8) is 0 Å². The molecule has 1 aliphatic rings. The summed E-state index contributed by atoms with van der Waals surface area (Å²) in [6, 6.07) is 10.1. The maximum absolute atomic E-state index is 13.2. The third-order valence-electron chi connectivity index (χ3n) is 4.83. The molecule has 172 valence electrons. The van der Waals surface area contributed by atoms with Crippen molar-refractivity contribution in [2.75, 3.05) is 11.5 Å². The second-order valence-electron chi connectivity index (χ2n) is 7.15. The highest BCUT2D eigenvalue weighted by Gasteiger charge is 2.31. The molecule has 0 saturated carbocycles. The predicted octanol–water partition coefficient (Wildman–Crippen LogP) is 4.45. The third kappa shape index (κ3) is 5.41. The summed E-state index contributed by atoms with van der Waals surface area (Å²) in [5.41, 5.74) is 0.00156. The number of halogens is 4. The number of alkyl halides is 3. The Labute approximate surface area is 194 Å². The first-order valence-electron chi connectivity index (χ1n) is 9.82. The molecule has 1 amide bonds. The first kappa shape index (κ1) is 23.4. The predicted molar refractivity (Wildman–Crippen MR) is 118 cm³/mol. The Morgan fingerprint density at radius 2 is 1.94 bits per heavy atom. The van der Waals surface area contributed by atoms with E-state index in [0.29, 0.717) is 28.3 Å². The zero-order valence-corrected chi connectivity index (χ0v) is 18.6. The largest absolute Gasteiger partial charge is 0.416 e. The molecule has 3 aromatic rings. The molecular formula is C22H17F4N3O2S2. The van der Waals surface area contributed by atoms with Gasteiger partial charge >= 0.3 is 6.18 Å². The molecule has 2 heterocycles. The van der Waals surface area contributed by atoms with Crippen LogP contribution in [0.25, 0.3) is 5.69 Å². The summed E-state index contributed by atoms with van der Waals surface area (Å²) < 4.78 is 53.8. The molecule has 2 aromatic carbocycles. The van der Waals surface area contributed by atoms with Crippen LogP contribution >= 0.6 is 23.5 Å². The van der Waals surface area contributed by atoms with Gasteiger partial charge in [-0.15, -0.1) is 11.8 Å². The SMILES string of the molecule is O=C(CSc1nc2c(c(=O)n1-c1cccc(C(F)(F)F)c1)SCC2)NCc1ccc(F)cc1. The van der Waals surface area contributed by atoms with Gasteiger partial charge < -0.3 is 5.32 Å². The average molecular weight is 496 g/mol. The fraction of sp³-hybridized carbons (Fsp3) is 0.227. The number of aromatic nitrogens is 2. The number of thioether (sulfide) groups is 2. The Balaban J connectivity index is 1.58. The van der Waals surface area contributed by atoms with Crippen LogP contribution in [-0.2, 0) is 23.9 Å². The number of hydrogen-bond acceptors (Lipinski definition) is 5. The van der Waals surface area contributed by atoms with Crippen LogP contribution in [0, 0.1) is 5.82 Å². The standard InChI is InChI=1S/C22H17F4N3O2S2/c23-15-6-4-13(5-7-15)11-27-18(30)12-33-21-28-17-8-9-32-19(17)20(31)29(21)16-3-1-2-14(10-16)22(24,25)26/h1-7,10H,8-9,11-12H2,(H,27,30). The Kier molecular flexibility index (Phi) is 6.80. The number of amides is 1. The van der Waals surface area contributed by atoms with E-state index < -0.39 is 17.3 Å². The first-order valence-corrected chi connectivity index (χ1v) is 11.8. The lowest BCUT2D eigenvalue weighted by atomic mass is 10.2. The van der Waals surface area contributed by atoms with Gasteiger partial charge in [-0.2, -0.15) is 13.2 Å². The van der Waals surface area contributed by atoms with Gasteiger partial charge in [0.05, 0.1) is 27.6 Å². The van der Waals surface area contributed by atoms with Crippen LogP contribution in [0.3, 0.4) is 0 Å². The smallest absolute Gasteiger partial charge is 0.351 e. The highest BCUT2D eigenvalue weighted by molar-refractivity contribution is 8.00. The molecule has 0 bridgehead atoms. The van der Waals surface area contributed by atoms with E-state index in [1.165, 1.54) is 36.0 Å². The summed E-state index contributed by atoms with van der Waals surface area (Å²) in [6.45, 7) is 0.189. The molecule has 11 heteroatoms. The molecule has 0 spiro atoms. The van der Waals surface area contributed by atoms with Gasteiger partial charge in [-0.3, -0.25) is 14.2 Å². The van der Waals surface area contributed by atoms with Gasteiger partial charge in [0.2, 0.25) is 5.91 Å². The van der Waals surface area contributed by atoms with Crippen molar-refractivity contribution < 1.29 is 22.4 Å². The van der Waals surface area contributed by atoms with E-state index in [4.69, 9.17) is 0 Å². The molecule has 5 nitrogen and oxygen atoms in total. The maximum Gasteiger partial charge on any atom is 0.416 e. The number of carbonyl (C=O) groups is 1. The number of fused-ring (bicyclic) bond motifs is 1. The van der Waals surface area contributed by atoms with Crippen molar-refractivity contribution in [1.29, 1.82) is 0 Å². The van der Waals surface area contributed by atoms with Crippen molar-refractivity contribution in [2.45, 2.75) is 29.2 Å². The van der Waals surface area contributed by atoms with Crippen LogP contribution in [0.5, 0.6) is 0 Å². The van der Waals surface area contributed by atoms with Crippen molar-refractivity contribution >= 4 is 29.4 Å². The van der Waals surface area contributed by atoms with E-state index in [1.54, 1.807) is 12.1 Å². The van der Waals surface area contributed by atoms with Gasteiger partial charge in [0.25, 0.3) is 5.56 Å². The van der Waals surface area contributed by atoms with E-state index >= 15 is 0 Å². The van der Waals surface area contributed by atoms with E-state index in [0.717, 1.165) is 28.5 Å². The zero-order valence-electron chi connectivity index (χ0n) is 17.0. The van der Waals surface area contributed by atoms with Gasteiger partial charge in [0.1, 0.15) is 5.82 Å². The number of nitrogens with one attached hydrogen (secondary N) is 1. The number of rotatable bonds is 6. The van der Waals surface area contributed by atoms with Gasteiger partial charge in [0.15, 0.2) is 5.16 Å². The molecule has 0 atom stereocenters. The second kappa shape index (κ2) is 9.60. The minimum absolute atomic E-state index is 0.0341. The molecule has 1 aliphatic heterocycles. The summed E-state index contributed by atoms with van der Waals surface area (Å²) in [6.07, 6.45) is -3.99. The van der Waals surface area contributed by atoms with Crippen LogP contribution < -0.4 is 10.9 Å². The third-order valence-corrected chi connectivity index (χ3v) is 6.88. The van der Waals surface area contributed by atoms with Gasteiger partial charge in [0, 0.05) is 18.7 Å². The van der Waals surface area contributed by atoms with Crippen LogP contribution in [0.4, 0.5) is 17.6 Å². The minimum Gasteiger partial charge on any atom is -0.351 e. The molecular weight excluding hydrogens is 478 g/mol. The van der Waals surface area contributed by atoms with Gasteiger partial charge in [-0.25, -0.2) is 9.37 Å². The quantitative estimate of drug-likeness (QED) is 0.311. The van der Waals surface area contributed by atoms with Crippen molar-refractivity contribution in [3.8, 4) is 5.69 Å². The fourth-order valence-corrected chi connectivity index (χ4v) is 5.11. The lowest BCUT2D eigenvalue weighted by molar-refractivity contribution is -0.137. The maximum atomic E-state index is 13.2. The molecule has 33 heavy (non-hydrogen) atoms. The summed E-state index contributed by atoms with van der Waals surface area (Å²) >= 11 is 2.29. The highest BCUT2D eigenvalue weighted by Crippen LogP contribution is 2.33. The zero-order chi connectivity index (χ0) is 23.6. The molecule has 4 rings (SSSR count). The lowest BCUT2D eigenvalue weighted by Crippen LogP contribution is -2.27. The van der Waals surface area contributed by atoms with Gasteiger partial charge in [-0.1, -0.05) is 30.0 Å². The van der Waals surface area contributed by atoms with Crippen LogP contribution in [-0.4, -0.2) is 27.0 Å². The summed E-state index contributed by atoms with van der Waals surface area (Å²) in [5.74, 6) is -0.177. The Bertz CT molecular complexity index is 1240. The fourth-order valence-electron chi connectivity index (χ4n) is 3.22. The van der Waals surface area contributed by atoms with Crippen molar-refractivity contribution in [3.05, 3.63) is 81.5 Å². The van der Waals surface area contributed by atoms with Gasteiger partial charge in [-0.05, 0) is 35.9 Å². The number of carbonyl (C=O) groups excluding carboxylic acids is 1. The van der Waals surface area contributed by atoms with Crippen LogP contribution in [0.2, 0.25) is 0 Å². The monoisotopic (exact) mass is 495 g/mol. The Morgan fingerprint density at radius 3 is 2.67 bits per heavy atom. The number of nitrogens with zero attached hydrogens (tertiary/aromatic N) is 2. The molecule has 1 aromatic heterocycles. The number of aryl methyl sites for hydroxylation is 1. The number of benzene rings is 2. The molecule has 0 radical (unpaired) electrons. The average Bonchev–Trinajstić information content (AvgIpc) is 3.26. The normalized spacial score (nSPS) is 13.1. The summed E-state index contributed by atoms with van der Waals surface area (Å²) in [5, 5.41) is 2.84. The van der Waals surface area contributed by atoms with Crippen molar-refractivity contribution in [1.82, 2.24) is 14.9 Å². The summed E-state index contributed by atoms with van der Waals surface area (Å²) in [7, 11) is 0. The first-order chi connectivity index (χ1) is 15.7. The second-order valence-corrected chi connectivity index (χ2v) is 9.20. The van der Waals surface area contributed by atoms with E-state index in [2.05, 4.69) is 10.3 Å². The summed E-state index contributed by atoms with van der Waals surface area (Å²) in [4.78, 5) is 30.3. The Morgan fingerprint density at radius 1 is 1.18 bits per heavy atom. The van der Waals surface area contributed by atoms with Crippen LogP contribution in [0.15, 0.2) is 63.4 Å². The topological polar surface area (TPSA) is 64.0 Å². The Hall–Kier alpha value is -2.79. The number of hydrogen-bond donors (Lipinski definition) is 1. The molecule has 1 N–H and O–H groups in total. The lowest BCUT2D eigenvalue weighted by Gasteiger charge is -2.15. The van der Waals surface area contributed by atoms with Crippen LogP contribution in [0.1, 0.15) is 16.8 Å². The minimum atomic E-state index is -4.56. The van der Waals surface area contributed by atoms with E-state index in [1.807, 2.05) is 0 Å². The molecule has 0 unspecified atom stereocenters.